The smallest absolute Gasteiger partial charge is 0.231 e. The first-order chi connectivity index (χ1) is 29.9. The van der Waals surface area contributed by atoms with E-state index in [1.807, 2.05) is 0 Å². The molecule has 3 heterocycles. The molecule has 0 saturated carbocycles. The summed E-state index contributed by atoms with van der Waals surface area (Å²) in [6, 6.07) is 55.5. The number of hydrogen-bond acceptors (Lipinski definition) is 2. The second kappa shape index (κ2) is 13.8. The van der Waals surface area contributed by atoms with Gasteiger partial charge < -0.3 is 4.57 Å². The maximum absolute atomic E-state index is 5.56. The number of para-hydroxylation sites is 2. The Labute approximate surface area is 357 Å². The highest BCUT2D eigenvalue weighted by Gasteiger charge is 2.39. The van der Waals surface area contributed by atoms with Gasteiger partial charge in [-0.15, -0.1) is 0 Å². The average Bonchev–Trinajstić information content (AvgIpc) is 3.83. The van der Waals surface area contributed by atoms with Crippen LogP contribution in [0.3, 0.4) is 0 Å². The van der Waals surface area contributed by atoms with Crippen molar-refractivity contribution >= 4 is 39.6 Å². The SMILES string of the molecule is CC1Cc2ccccc2-c2c1n(-c1ccccc1)c1ccc(C3C=Cc4c(c5ccccc5n4C4=NC5(C)CC=CC=C5C(c5cccc(-c6ccccc6)c5)=N4)C3C)cc21. The quantitative estimate of drug-likeness (QED) is 0.170. The van der Waals surface area contributed by atoms with Crippen LogP contribution in [0.25, 0.3) is 55.8 Å². The van der Waals surface area contributed by atoms with Crippen LogP contribution in [0.1, 0.15) is 78.6 Å². The van der Waals surface area contributed by atoms with Crippen molar-refractivity contribution in [3.63, 3.8) is 0 Å². The van der Waals surface area contributed by atoms with E-state index in [1.54, 1.807) is 0 Å². The molecule has 0 spiro atoms. The van der Waals surface area contributed by atoms with E-state index in [4.69, 9.17) is 9.98 Å². The number of allylic oxidation sites excluding steroid dienone is 3. The van der Waals surface area contributed by atoms with Crippen molar-refractivity contribution in [2.75, 3.05) is 0 Å². The van der Waals surface area contributed by atoms with Gasteiger partial charge in [0.25, 0.3) is 0 Å². The molecular weight excluding hydrogens is 741 g/mol. The van der Waals surface area contributed by atoms with Crippen molar-refractivity contribution < 1.29 is 0 Å². The van der Waals surface area contributed by atoms with Gasteiger partial charge in [-0.2, -0.15) is 0 Å². The van der Waals surface area contributed by atoms with Gasteiger partial charge in [-0.25, -0.2) is 9.98 Å². The molecule has 4 aliphatic rings. The normalized spacial score (nSPS) is 21.3. The molecule has 0 amide bonds. The Kier molecular flexibility index (Phi) is 8.09. The molecule has 0 fully saturated rings. The standard InChI is InChI=1S/C57H46N4/c1-36-33-40-19-10-11-24-45(40)53-47-35-41(28-30-50(47)60(55(36)53)43-22-8-5-9-23-43)44-29-31-51-52(37(44)2)46-25-12-13-27-49(46)61(51)56-58-54(48-26-14-15-32-57(48,3)59-56)42-21-16-20-39(34-42)38-17-6-4-7-18-38/h4-31,34-37,44H,32-33H2,1-3H3. The van der Waals surface area contributed by atoms with Crippen molar-refractivity contribution in [3.8, 4) is 27.9 Å². The van der Waals surface area contributed by atoms with Crippen molar-refractivity contribution in [3.05, 3.63) is 215 Å². The summed E-state index contributed by atoms with van der Waals surface area (Å²) < 4.78 is 4.87. The zero-order valence-corrected chi connectivity index (χ0v) is 34.8. The van der Waals surface area contributed by atoms with Gasteiger partial charge in [0.15, 0.2) is 0 Å². The Hall–Kier alpha value is -7.04. The van der Waals surface area contributed by atoms with Gasteiger partial charge in [0.05, 0.1) is 28.0 Å². The second-order valence-electron chi connectivity index (χ2n) is 17.6. The largest absolute Gasteiger partial charge is 0.313 e. The lowest BCUT2D eigenvalue weighted by atomic mass is 9.77. The van der Waals surface area contributed by atoms with Crippen molar-refractivity contribution in [1.29, 1.82) is 0 Å². The lowest BCUT2D eigenvalue weighted by molar-refractivity contribution is 0.566. The molecule has 294 valence electrons. The Balaban J connectivity index is 1.01. The number of hydrogen-bond donors (Lipinski definition) is 0. The number of fused-ring (bicyclic) bond motifs is 9. The number of nitrogens with zero attached hydrogens (tertiary/aromatic N) is 4. The minimum absolute atomic E-state index is 0.187. The lowest BCUT2D eigenvalue weighted by Crippen LogP contribution is -2.37. The molecule has 0 N–H and O–H groups in total. The third kappa shape index (κ3) is 5.51. The molecule has 3 aliphatic carbocycles. The molecule has 0 radical (unpaired) electrons. The highest BCUT2D eigenvalue weighted by atomic mass is 15.2. The molecule has 4 atom stereocenters. The Morgan fingerprint density at radius 3 is 2.28 bits per heavy atom. The fourth-order valence-electron chi connectivity index (χ4n) is 11.0. The monoisotopic (exact) mass is 786 g/mol. The van der Waals surface area contributed by atoms with Crippen molar-refractivity contribution in [1.82, 2.24) is 9.13 Å². The Morgan fingerprint density at radius 2 is 1.41 bits per heavy atom. The Morgan fingerprint density at radius 1 is 0.672 bits per heavy atom. The molecule has 61 heavy (non-hydrogen) atoms. The number of rotatable bonds is 4. The van der Waals surface area contributed by atoms with Crippen LogP contribution >= 0.6 is 0 Å². The number of aliphatic imine (C=N–C) groups is 2. The van der Waals surface area contributed by atoms with Crippen LogP contribution in [0.4, 0.5) is 0 Å². The van der Waals surface area contributed by atoms with Gasteiger partial charge in [-0.3, -0.25) is 4.57 Å². The van der Waals surface area contributed by atoms with E-state index in [2.05, 4.69) is 212 Å². The molecule has 8 aromatic rings. The van der Waals surface area contributed by atoms with Crippen LogP contribution < -0.4 is 0 Å². The van der Waals surface area contributed by atoms with Gasteiger partial charge in [-0.1, -0.05) is 153 Å². The van der Waals surface area contributed by atoms with Crippen LogP contribution in [0.5, 0.6) is 0 Å². The molecular formula is C57H46N4. The lowest BCUT2D eigenvalue weighted by Gasteiger charge is -2.35. The van der Waals surface area contributed by atoms with E-state index in [-0.39, 0.29) is 11.8 Å². The van der Waals surface area contributed by atoms with E-state index < -0.39 is 5.54 Å². The molecule has 4 heteroatoms. The fraction of sp³-hybridized carbons (Fsp3) is 0.158. The third-order valence-electron chi connectivity index (χ3n) is 13.9. The van der Waals surface area contributed by atoms with Crippen molar-refractivity contribution in [2.24, 2.45) is 9.98 Å². The molecule has 1 aliphatic heterocycles. The predicted molar refractivity (Wildman–Crippen MR) is 254 cm³/mol. The molecule has 0 saturated heterocycles. The van der Waals surface area contributed by atoms with Crippen LogP contribution in [-0.4, -0.2) is 26.3 Å². The summed E-state index contributed by atoms with van der Waals surface area (Å²) in [5.74, 6) is 1.53. The number of aromatic nitrogens is 2. The molecule has 0 bridgehead atoms. The summed E-state index contributed by atoms with van der Waals surface area (Å²) in [6.45, 7) is 7.07. The third-order valence-corrected chi connectivity index (χ3v) is 13.9. The van der Waals surface area contributed by atoms with Crippen LogP contribution in [0.15, 0.2) is 192 Å². The van der Waals surface area contributed by atoms with Gasteiger partial charge in [-0.05, 0) is 102 Å². The zero-order valence-electron chi connectivity index (χ0n) is 34.8. The number of benzene rings is 6. The summed E-state index contributed by atoms with van der Waals surface area (Å²) in [5.41, 5.74) is 18.3. The average molecular weight is 787 g/mol. The first-order valence-electron chi connectivity index (χ1n) is 21.8. The van der Waals surface area contributed by atoms with Crippen LogP contribution in [0.2, 0.25) is 0 Å². The first-order valence-corrected chi connectivity index (χ1v) is 21.8. The van der Waals surface area contributed by atoms with E-state index in [0.29, 0.717) is 5.92 Å². The Bertz CT molecular complexity index is 3240. The summed E-state index contributed by atoms with van der Waals surface area (Å²) >= 11 is 0. The second-order valence-corrected chi connectivity index (χ2v) is 17.6. The molecule has 4 unspecified atom stereocenters. The molecule has 2 aromatic heterocycles. The zero-order chi connectivity index (χ0) is 40.8. The van der Waals surface area contributed by atoms with E-state index in [1.165, 1.54) is 72.3 Å². The topological polar surface area (TPSA) is 34.6 Å². The van der Waals surface area contributed by atoms with E-state index >= 15 is 0 Å². The summed E-state index contributed by atoms with van der Waals surface area (Å²) in [6.07, 6.45) is 13.3. The summed E-state index contributed by atoms with van der Waals surface area (Å²) in [7, 11) is 0. The molecule has 6 aromatic carbocycles. The highest BCUT2D eigenvalue weighted by Crippen LogP contribution is 2.50. The van der Waals surface area contributed by atoms with Gasteiger partial charge in [0.2, 0.25) is 5.96 Å². The first kappa shape index (κ1) is 35.9. The molecule has 4 nitrogen and oxygen atoms in total. The van der Waals surface area contributed by atoms with Crippen LogP contribution in [0, 0.1) is 0 Å². The minimum Gasteiger partial charge on any atom is -0.313 e. The van der Waals surface area contributed by atoms with E-state index in [9.17, 15) is 0 Å². The predicted octanol–water partition coefficient (Wildman–Crippen LogP) is 13.8. The van der Waals surface area contributed by atoms with E-state index in [0.717, 1.165) is 41.2 Å². The van der Waals surface area contributed by atoms with Gasteiger partial charge in [0, 0.05) is 50.7 Å². The van der Waals surface area contributed by atoms with Gasteiger partial charge >= 0.3 is 0 Å². The maximum Gasteiger partial charge on any atom is 0.231 e. The minimum atomic E-state index is -0.449. The van der Waals surface area contributed by atoms with Gasteiger partial charge in [0.1, 0.15) is 0 Å². The maximum atomic E-state index is 5.56. The summed E-state index contributed by atoms with van der Waals surface area (Å²) in [4.78, 5) is 11.1. The van der Waals surface area contributed by atoms with Crippen molar-refractivity contribution in [2.45, 2.75) is 56.9 Å². The fourth-order valence-corrected chi connectivity index (χ4v) is 11.0. The summed E-state index contributed by atoms with van der Waals surface area (Å²) in [5, 5.41) is 2.59. The van der Waals surface area contributed by atoms with Crippen LogP contribution in [-0.2, 0) is 6.42 Å². The highest BCUT2D eigenvalue weighted by molar-refractivity contribution is 6.21. The molecule has 12 rings (SSSR count).